The van der Waals surface area contributed by atoms with E-state index in [1.807, 2.05) is 0 Å². The average Bonchev–Trinajstić information content (AvgIpc) is 2.75. The van der Waals surface area contributed by atoms with Crippen molar-refractivity contribution in [1.82, 2.24) is 9.78 Å². The number of nitrogens with two attached hydrogens (primary N) is 1. The van der Waals surface area contributed by atoms with Crippen molar-refractivity contribution >= 4 is 0 Å². The summed E-state index contributed by atoms with van der Waals surface area (Å²) < 4.78 is 40.4. The van der Waals surface area contributed by atoms with E-state index in [1.54, 1.807) is 25.3 Å². The number of halogens is 3. The third-order valence-electron chi connectivity index (χ3n) is 2.80. The van der Waals surface area contributed by atoms with E-state index in [0.29, 0.717) is 5.69 Å². The molecule has 0 spiro atoms. The van der Waals surface area contributed by atoms with E-state index in [4.69, 9.17) is 5.73 Å². The molecule has 0 amide bonds. The summed E-state index contributed by atoms with van der Waals surface area (Å²) >= 11 is 0. The van der Waals surface area contributed by atoms with Gasteiger partial charge in [0.2, 0.25) is 0 Å². The number of aryl methyl sites for hydroxylation is 1. The second-order valence-corrected chi connectivity index (χ2v) is 4.28. The molecule has 0 radical (unpaired) electrons. The number of hydrogen-bond donors (Lipinski definition) is 1. The first-order chi connectivity index (χ1) is 8.91. The summed E-state index contributed by atoms with van der Waals surface area (Å²) in [5, 5.41) is 4.10. The highest BCUT2D eigenvalue weighted by atomic mass is 19.4. The van der Waals surface area contributed by atoms with Crippen LogP contribution in [0.5, 0.6) is 0 Å². The predicted octanol–water partition coefficient (Wildman–Crippen LogP) is 2.70. The molecule has 0 atom stereocenters. The quantitative estimate of drug-likeness (QED) is 0.931. The van der Waals surface area contributed by atoms with Crippen molar-refractivity contribution in [2.24, 2.45) is 5.73 Å². The third-order valence-corrected chi connectivity index (χ3v) is 2.80. The Labute approximate surface area is 108 Å². The largest absolute Gasteiger partial charge is 0.416 e. The van der Waals surface area contributed by atoms with Gasteiger partial charge in [-0.25, -0.2) is 4.68 Å². The zero-order chi connectivity index (χ0) is 14.0. The van der Waals surface area contributed by atoms with Gasteiger partial charge in [-0.2, -0.15) is 18.3 Å². The molecule has 6 heteroatoms. The Morgan fingerprint density at radius 3 is 2.53 bits per heavy atom. The Morgan fingerprint density at radius 1 is 1.26 bits per heavy atom. The fourth-order valence-electron chi connectivity index (χ4n) is 1.90. The van der Waals surface area contributed by atoms with Gasteiger partial charge in [0.15, 0.2) is 0 Å². The topological polar surface area (TPSA) is 43.8 Å². The maximum absolute atomic E-state index is 13.0. The molecule has 102 valence electrons. The molecule has 0 aliphatic heterocycles. The molecule has 2 N–H and O–H groups in total. The van der Waals surface area contributed by atoms with Crippen molar-refractivity contribution in [1.29, 1.82) is 0 Å². The molecule has 1 aromatic heterocycles. The molecule has 0 fully saturated rings. The van der Waals surface area contributed by atoms with Crippen molar-refractivity contribution < 1.29 is 13.2 Å². The van der Waals surface area contributed by atoms with Crippen LogP contribution in [-0.4, -0.2) is 16.3 Å². The zero-order valence-electron chi connectivity index (χ0n) is 10.4. The lowest BCUT2D eigenvalue weighted by molar-refractivity contribution is -0.138. The highest BCUT2D eigenvalue weighted by Gasteiger charge is 2.33. The maximum Gasteiger partial charge on any atom is 0.416 e. The number of benzene rings is 1. The van der Waals surface area contributed by atoms with Crippen LogP contribution in [0.3, 0.4) is 0 Å². The molecule has 0 bridgehead atoms. The van der Waals surface area contributed by atoms with E-state index in [0.717, 1.165) is 11.8 Å². The number of nitrogens with zero attached hydrogens (tertiary/aromatic N) is 2. The minimum Gasteiger partial charge on any atom is -0.330 e. The van der Waals surface area contributed by atoms with Gasteiger partial charge in [0.05, 0.1) is 16.9 Å². The Kier molecular flexibility index (Phi) is 3.61. The van der Waals surface area contributed by atoms with Crippen molar-refractivity contribution in [2.75, 3.05) is 6.54 Å². The first-order valence-corrected chi connectivity index (χ1v) is 5.84. The Bertz CT molecular complexity index is 573. The minimum atomic E-state index is -4.39. The summed E-state index contributed by atoms with van der Waals surface area (Å²) in [7, 11) is 0. The van der Waals surface area contributed by atoms with Crippen LogP contribution >= 0.6 is 0 Å². The van der Waals surface area contributed by atoms with Crippen LogP contribution in [0.4, 0.5) is 13.2 Å². The number of aromatic nitrogens is 2. The standard InChI is InChI=1S/C13H14F3N3/c1-9-5-7-19(18-9)11-3-2-10(4-6-17)12(8-11)13(14,15)16/h2-3,5,7-8H,4,6,17H2,1H3. The van der Waals surface area contributed by atoms with Gasteiger partial charge in [-0.15, -0.1) is 0 Å². The van der Waals surface area contributed by atoms with Crippen molar-refractivity contribution in [3.05, 3.63) is 47.3 Å². The Hall–Kier alpha value is -1.82. The lowest BCUT2D eigenvalue weighted by Crippen LogP contribution is -2.13. The molecule has 0 saturated carbocycles. The van der Waals surface area contributed by atoms with Gasteiger partial charge in [0, 0.05) is 6.20 Å². The maximum atomic E-state index is 13.0. The average molecular weight is 269 g/mol. The Balaban J connectivity index is 2.49. The summed E-state index contributed by atoms with van der Waals surface area (Å²) in [4.78, 5) is 0. The van der Waals surface area contributed by atoms with Crippen LogP contribution < -0.4 is 5.73 Å². The minimum absolute atomic E-state index is 0.184. The van der Waals surface area contributed by atoms with E-state index in [2.05, 4.69) is 5.10 Å². The van der Waals surface area contributed by atoms with E-state index < -0.39 is 11.7 Å². The molecule has 2 rings (SSSR count). The van der Waals surface area contributed by atoms with Crippen LogP contribution in [0.15, 0.2) is 30.5 Å². The van der Waals surface area contributed by atoms with Crippen molar-refractivity contribution in [3.8, 4) is 5.69 Å². The predicted molar refractivity (Wildman–Crippen MR) is 66.1 cm³/mol. The molecule has 2 aromatic rings. The van der Waals surface area contributed by atoms with Gasteiger partial charge in [-0.3, -0.25) is 0 Å². The summed E-state index contributed by atoms with van der Waals surface area (Å²) in [6, 6.07) is 5.92. The second kappa shape index (κ2) is 5.05. The highest BCUT2D eigenvalue weighted by Crippen LogP contribution is 2.33. The highest BCUT2D eigenvalue weighted by molar-refractivity contribution is 5.42. The number of rotatable bonds is 3. The number of hydrogen-bond acceptors (Lipinski definition) is 2. The molecule has 0 saturated heterocycles. The molecule has 19 heavy (non-hydrogen) atoms. The molecule has 0 aliphatic rings. The van der Waals surface area contributed by atoms with Gasteiger partial charge in [0.1, 0.15) is 0 Å². The normalized spacial score (nSPS) is 11.8. The fraction of sp³-hybridized carbons (Fsp3) is 0.308. The molecule has 1 aromatic carbocycles. The fourth-order valence-corrected chi connectivity index (χ4v) is 1.90. The summed E-state index contributed by atoms with van der Waals surface area (Å²) in [6.45, 7) is 1.97. The summed E-state index contributed by atoms with van der Waals surface area (Å²) in [5.41, 5.74) is 6.04. The van der Waals surface area contributed by atoms with E-state index in [9.17, 15) is 13.2 Å². The van der Waals surface area contributed by atoms with Gasteiger partial charge < -0.3 is 5.73 Å². The van der Waals surface area contributed by atoms with Crippen LogP contribution in [0.2, 0.25) is 0 Å². The lowest BCUT2D eigenvalue weighted by Gasteiger charge is -2.14. The summed E-state index contributed by atoms with van der Waals surface area (Å²) in [6.07, 6.45) is -2.55. The van der Waals surface area contributed by atoms with Crippen molar-refractivity contribution in [2.45, 2.75) is 19.5 Å². The molecule has 1 heterocycles. The van der Waals surface area contributed by atoms with Crippen molar-refractivity contribution in [3.63, 3.8) is 0 Å². The third kappa shape index (κ3) is 2.96. The van der Waals surface area contributed by atoms with Crippen LogP contribution in [0.25, 0.3) is 5.69 Å². The van der Waals surface area contributed by atoms with E-state index in [-0.39, 0.29) is 18.5 Å². The van der Waals surface area contributed by atoms with Gasteiger partial charge >= 0.3 is 6.18 Å². The molecular formula is C13H14F3N3. The lowest BCUT2D eigenvalue weighted by atomic mass is 10.0. The van der Waals surface area contributed by atoms with Crippen LogP contribution in [-0.2, 0) is 12.6 Å². The molecule has 3 nitrogen and oxygen atoms in total. The summed E-state index contributed by atoms with van der Waals surface area (Å²) in [5.74, 6) is 0. The van der Waals surface area contributed by atoms with Gasteiger partial charge in [0.25, 0.3) is 0 Å². The number of alkyl halides is 3. The molecule has 0 unspecified atom stereocenters. The first kappa shape index (κ1) is 13.6. The van der Waals surface area contributed by atoms with Gasteiger partial charge in [-0.05, 0) is 43.7 Å². The SMILES string of the molecule is Cc1ccn(-c2ccc(CCN)c(C(F)(F)F)c2)n1. The first-order valence-electron chi connectivity index (χ1n) is 5.84. The van der Waals surface area contributed by atoms with Crippen LogP contribution in [0.1, 0.15) is 16.8 Å². The zero-order valence-corrected chi connectivity index (χ0v) is 10.4. The van der Waals surface area contributed by atoms with Crippen LogP contribution in [0, 0.1) is 6.92 Å². The monoisotopic (exact) mass is 269 g/mol. The molecule has 0 aliphatic carbocycles. The van der Waals surface area contributed by atoms with E-state index in [1.165, 1.54) is 10.7 Å². The second-order valence-electron chi connectivity index (χ2n) is 4.28. The Morgan fingerprint density at radius 2 is 2.00 bits per heavy atom. The smallest absolute Gasteiger partial charge is 0.330 e. The van der Waals surface area contributed by atoms with Gasteiger partial charge in [-0.1, -0.05) is 6.07 Å². The van der Waals surface area contributed by atoms with E-state index >= 15 is 0 Å². The molecular weight excluding hydrogens is 255 g/mol.